The Labute approximate surface area is 151 Å². The molecule has 9 nitrogen and oxygen atoms in total. The lowest BCUT2D eigenvalue weighted by atomic mass is 10.2. The molecule has 0 radical (unpaired) electrons. The summed E-state index contributed by atoms with van der Waals surface area (Å²) < 4.78 is 15.4. The van der Waals surface area contributed by atoms with Gasteiger partial charge >= 0.3 is 11.7 Å². The molecular formula is C16H13N3O6S. The molecule has 0 aliphatic carbocycles. The van der Waals surface area contributed by atoms with Gasteiger partial charge in [-0.25, -0.2) is 4.79 Å². The van der Waals surface area contributed by atoms with Crippen molar-refractivity contribution >= 4 is 23.0 Å². The molecule has 0 amide bonds. The minimum atomic E-state index is -0.738. The zero-order valence-corrected chi connectivity index (χ0v) is 14.4. The van der Waals surface area contributed by atoms with Crippen molar-refractivity contribution in [3.8, 4) is 17.2 Å². The van der Waals surface area contributed by atoms with Crippen LogP contribution in [0.15, 0.2) is 39.5 Å². The van der Waals surface area contributed by atoms with Gasteiger partial charge < -0.3 is 14.0 Å². The Morgan fingerprint density at radius 1 is 1.38 bits per heavy atom. The van der Waals surface area contributed by atoms with Crippen molar-refractivity contribution in [1.82, 2.24) is 10.1 Å². The molecule has 2 aromatic heterocycles. The van der Waals surface area contributed by atoms with Crippen LogP contribution in [0.1, 0.15) is 23.1 Å². The number of nitrogens with zero attached hydrogens (tertiary/aromatic N) is 3. The van der Waals surface area contributed by atoms with Gasteiger partial charge in [-0.3, -0.25) is 10.1 Å². The van der Waals surface area contributed by atoms with Gasteiger partial charge in [0.15, 0.2) is 12.4 Å². The van der Waals surface area contributed by atoms with Crippen molar-refractivity contribution in [1.29, 1.82) is 0 Å². The molecule has 0 aliphatic heterocycles. The second-order valence-electron chi connectivity index (χ2n) is 4.98. The Bertz CT molecular complexity index is 922. The van der Waals surface area contributed by atoms with Crippen molar-refractivity contribution < 1.29 is 23.7 Å². The maximum absolute atomic E-state index is 12.1. The number of ether oxygens (including phenoxy) is 2. The maximum atomic E-state index is 12.1. The molecule has 26 heavy (non-hydrogen) atoms. The molecule has 0 bridgehead atoms. The van der Waals surface area contributed by atoms with E-state index in [1.165, 1.54) is 23.5 Å². The van der Waals surface area contributed by atoms with E-state index in [-0.39, 0.29) is 36.0 Å². The predicted molar refractivity (Wildman–Crippen MR) is 91.0 cm³/mol. The van der Waals surface area contributed by atoms with Crippen LogP contribution in [0.5, 0.6) is 5.75 Å². The number of benzene rings is 1. The number of aromatic nitrogens is 2. The Hall–Kier alpha value is -3.27. The molecule has 3 rings (SSSR count). The average molecular weight is 375 g/mol. The van der Waals surface area contributed by atoms with Gasteiger partial charge in [0.25, 0.3) is 5.89 Å². The van der Waals surface area contributed by atoms with Crippen LogP contribution < -0.4 is 4.74 Å². The Kier molecular flexibility index (Phi) is 5.23. The summed E-state index contributed by atoms with van der Waals surface area (Å²) >= 11 is 1.49. The third kappa shape index (κ3) is 3.86. The number of hydrogen-bond donors (Lipinski definition) is 0. The first-order valence-electron chi connectivity index (χ1n) is 7.52. The highest BCUT2D eigenvalue weighted by molar-refractivity contribution is 7.08. The number of rotatable bonds is 7. The highest BCUT2D eigenvalue weighted by Crippen LogP contribution is 2.28. The minimum absolute atomic E-state index is 0.0294. The lowest BCUT2D eigenvalue weighted by Gasteiger charge is -2.06. The van der Waals surface area contributed by atoms with Gasteiger partial charge in [0.1, 0.15) is 0 Å². The Morgan fingerprint density at radius 3 is 2.92 bits per heavy atom. The van der Waals surface area contributed by atoms with Crippen LogP contribution in [0.2, 0.25) is 0 Å². The molecule has 0 atom stereocenters. The van der Waals surface area contributed by atoms with E-state index in [1.807, 2.05) is 16.8 Å². The van der Waals surface area contributed by atoms with Crippen molar-refractivity contribution in [3.63, 3.8) is 0 Å². The van der Waals surface area contributed by atoms with E-state index in [0.29, 0.717) is 5.89 Å². The lowest BCUT2D eigenvalue weighted by molar-refractivity contribution is -0.385. The van der Waals surface area contributed by atoms with E-state index >= 15 is 0 Å². The van der Waals surface area contributed by atoms with Crippen molar-refractivity contribution in [2.24, 2.45) is 0 Å². The molecule has 0 aliphatic rings. The summed E-state index contributed by atoms with van der Waals surface area (Å²) in [5.74, 6) is -0.125. The zero-order valence-electron chi connectivity index (χ0n) is 13.6. The van der Waals surface area contributed by atoms with Gasteiger partial charge in [-0.05, 0) is 30.5 Å². The zero-order chi connectivity index (χ0) is 18.5. The van der Waals surface area contributed by atoms with Crippen LogP contribution in [0.25, 0.3) is 11.5 Å². The Morgan fingerprint density at radius 2 is 2.23 bits per heavy atom. The standard InChI is InChI=1S/C16H13N3O6S/c1-2-23-13-4-3-10(7-12(13)19(21)22)16(20)24-8-14-17-15(25-18-14)11-5-6-26-9-11/h3-7,9H,2,8H2,1H3. The second-order valence-corrected chi connectivity index (χ2v) is 5.76. The molecule has 3 aromatic rings. The summed E-state index contributed by atoms with van der Waals surface area (Å²) in [6.07, 6.45) is 0. The number of carbonyl (C=O) groups is 1. The highest BCUT2D eigenvalue weighted by atomic mass is 32.1. The van der Waals surface area contributed by atoms with Gasteiger partial charge in [-0.1, -0.05) is 5.16 Å². The van der Waals surface area contributed by atoms with E-state index in [4.69, 9.17) is 14.0 Å². The minimum Gasteiger partial charge on any atom is -0.487 e. The summed E-state index contributed by atoms with van der Waals surface area (Å²) in [4.78, 5) is 26.7. The summed E-state index contributed by atoms with van der Waals surface area (Å²) in [6, 6.07) is 5.70. The van der Waals surface area contributed by atoms with Crippen LogP contribution in [0.3, 0.4) is 0 Å². The first-order chi connectivity index (χ1) is 12.6. The summed E-state index contributed by atoms with van der Waals surface area (Å²) in [6.45, 7) is 1.77. The number of thiophene rings is 1. The van der Waals surface area contributed by atoms with Crippen LogP contribution in [0.4, 0.5) is 5.69 Å². The van der Waals surface area contributed by atoms with E-state index in [0.717, 1.165) is 11.6 Å². The number of hydrogen-bond acceptors (Lipinski definition) is 9. The first kappa shape index (κ1) is 17.5. The fourth-order valence-corrected chi connectivity index (χ4v) is 2.72. The highest BCUT2D eigenvalue weighted by Gasteiger charge is 2.20. The normalized spacial score (nSPS) is 10.5. The van der Waals surface area contributed by atoms with E-state index < -0.39 is 10.9 Å². The number of nitro groups is 1. The van der Waals surface area contributed by atoms with Gasteiger partial charge in [0.05, 0.1) is 22.7 Å². The summed E-state index contributed by atoms with van der Waals surface area (Å²) in [5.41, 5.74) is 0.504. The lowest BCUT2D eigenvalue weighted by Crippen LogP contribution is -2.07. The van der Waals surface area contributed by atoms with E-state index in [9.17, 15) is 14.9 Å². The summed E-state index contributed by atoms with van der Waals surface area (Å²) in [5, 5.41) is 18.6. The third-order valence-corrected chi connectivity index (χ3v) is 3.94. The topological polar surface area (TPSA) is 118 Å². The molecule has 2 heterocycles. The van der Waals surface area contributed by atoms with Gasteiger partial charge in [-0.15, -0.1) is 0 Å². The Balaban J connectivity index is 1.68. The SMILES string of the molecule is CCOc1ccc(C(=O)OCc2noc(-c3ccsc3)n2)cc1[N+](=O)[O-]. The van der Waals surface area contributed by atoms with Gasteiger partial charge in [-0.2, -0.15) is 16.3 Å². The molecule has 0 unspecified atom stereocenters. The monoisotopic (exact) mass is 375 g/mol. The van der Waals surface area contributed by atoms with Crippen LogP contribution in [-0.4, -0.2) is 27.6 Å². The second kappa shape index (κ2) is 7.74. The quantitative estimate of drug-likeness (QED) is 0.350. The molecular weight excluding hydrogens is 362 g/mol. The molecule has 0 N–H and O–H groups in total. The molecule has 10 heteroatoms. The largest absolute Gasteiger partial charge is 0.487 e. The fraction of sp³-hybridized carbons (Fsp3) is 0.188. The van der Waals surface area contributed by atoms with Crippen LogP contribution in [0, 0.1) is 10.1 Å². The number of nitro benzene ring substituents is 1. The van der Waals surface area contributed by atoms with Crippen molar-refractivity contribution in [3.05, 3.63) is 56.5 Å². The molecule has 134 valence electrons. The first-order valence-corrected chi connectivity index (χ1v) is 8.46. The fourth-order valence-electron chi connectivity index (χ4n) is 2.09. The summed E-state index contributed by atoms with van der Waals surface area (Å²) in [7, 11) is 0. The smallest absolute Gasteiger partial charge is 0.338 e. The predicted octanol–water partition coefficient (Wildman–Crippen LogP) is 3.46. The van der Waals surface area contributed by atoms with E-state index in [1.54, 1.807) is 6.92 Å². The molecule has 0 saturated carbocycles. The third-order valence-electron chi connectivity index (χ3n) is 3.26. The molecule has 0 fully saturated rings. The number of esters is 1. The molecule has 0 spiro atoms. The van der Waals surface area contributed by atoms with Crippen molar-refractivity contribution in [2.45, 2.75) is 13.5 Å². The average Bonchev–Trinajstić information content (AvgIpc) is 3.31. The van der Waals surface area contributed by atoms with Crippen LogP contribution >= 0.6 is 11.3 Å². The van der Waals surface area contributed by atoms with Gasteiger partial charge in [0, 0.05) is 11.4 Å². The van der Waals surface area contributed by atoms with Crippen LogP contribution in [-0.2, 0) is 11.3 Å². The molecule has 1 aromatic carbocycles. The maximum Gasteiger partial charge on any atom is 0.338 e. The van der Waals surface area contributed by atoms with Crippen molar-refractivity contribution in [2.75, 3.05) is 6.61 Å². The van der Waals surface area contributed by atoms with E-state index in [2.05, 4.69) is 10.1 Å². The van der Waals surface area contributed by atoms with Gasteiger partial charge in [0.2, 0.25) is 5.82 Å². The molecule has 0 saturated heterocycles. The number of carbonyl (C=O) groups excluding carboxylic acids is 1.